The zero-order valence-electron chi connectivity index (χ0n) is 13.3. The van der Waals surface area contributed by atoms with E-state index in [1.54, 1.807) is 6.08 Å². The molecule has 0 aromatic heterocycles. The fourth-order valence-corrected chi connectivity index (χ4v) is 3.45. The van der Waals surface area contributed by atoms with Gasteiger partial charge in [0.15, 0.2) is 0 Å². The number of nitrogens with one attached hydrogen (secondary N) is 1. The van der Waals surface area contributed by atoms with Crippen molar-refractivity contribution in [1.29, 1.82) is 0 Å². The van der Waals surface area contributed by atoms with Gasteiger partial charge in [-0.1, -0.05) is 12.5 Å². The summed E-state index contributed by atoms with van der Waals surface area (Å²) in [5, 5.41) is 2.78. The van der Waals surface area contributed by atoms with E-state index in [2.05, 4.69) is 16.8 Å². The van der Waals surface area contributed by atoms with Crippen molar-refractivity contribution in [3.8, 4) is 0 Å². The van der Waals surface area contributed by atoms with E-state index in [9.17, 15) is 9.59 Å². The van der Waals surface area contributed by atoms with Gasteiger partial charge in [-0.25, -0.2) is 0 Å². The highest BCUT2D eigenvalue weighted by Crippen LogP contribution is 2.32. The average Bonchev–Trinajstić information content (AvgIpc) is 3.01. The first-order valence-electron chi connectivity index (χ1n) is 8.24. The number of carbonyl (C=O) groups excluding carboxylic acids is 2. The Labute approximate surface area is 132 Å². The highest BCUT2D eigenvalue weighted by atomic mass is 16.2. The van der Waals surface area contributed by atoms with Crippen LogP contribution in [0.4, 0.5) is 0 Å². The van der Waals surface area contributed by atoms with Crippen LogP contribution < -0.4 is 11.1 Å². The first-order chi connectivity index (χ1) is 10.7. The van der Waals surface area contributed by atoms with Gasteiger partial charge >= 0.3 is 0 Å². The van der Waals surface area contributed by atoms with Gasteiger partial charge in [0.05, 0.1) is 6.54 Å². The summed E-state index contributed by atoms with van der Waals surface area (Å²) in [6.07, 6.45) is 4.84. The van der Waals surface area contributed by atoms with Crippen molar-refractivity contribution >= 4 is 11.8 Å². The van der Waals surface area contributed by atoms with Crippen LogP contribution in [0.1, 0.15) is 19.3 Å². The molecule has 2 amide bonds. The van der Waals surface area contributed by atoms with Crippen LogP contribution in [0.15, 0.2) is 12.7 Å². The molecular formula is C16H28N4O2. The van der Waals surface area contributed by atoms with E-state index in [0.717, 1.165) is 32.4 Å². The molecule has 0 aromatic rings. The normalized spacial score (nSPS) is 26.0. The molecule has 2 atom stereocenters. The Morgan fingerprint density at radius 1 is 1.23 bits per heavy atom. The van der Waals surface area contributed by atoms with Gasteiger partial charge in [-0.3, -0.25) is 14.5 Å². The Kier molecular flexibility index (Phi) is 6.39. The molecule has 0 bridgehead atoms. The highest BCUT2D eigenvalue weighted by molar-refractivity contribution is 5.80. The van der Waals surface area contributed by atoms with Crippen molar-refractivity contribution in [3.05, 3.63) is 12.7 Å². The number of nitrogens with two attached hydrogens (primary N) is 1. The third-order valence-corrected chi connectivity index (χ3v) is 4.77. The molecule has 0 unspecified atom stereocenters. The highest BCUT2D eigenvalue weighted by Gasteiger charge is 2.35. The molecule has 1 aliphatic heterocycles. The Hall–Kier alpha value is -1.40. The molecule has 0 spiro atoms. The van der Waals surface area contributed by atoms with Crippen LogP contribution in [-0.4, -0.2) is 67.4 Å². The molecule has 6 heteroatoms. The third-order valence-electron chi connectivity index (χ3n) is 4.77. The lowest BCUT2D eigenvalue weighted by Crippen LogP contribution is -2.52. The molecule has 124 valence electrons. The number of nitrogens with zero attached hydrogens (tertiary/aromatic N) is 2. The Balaban J connectivity index is 1.75. The van der Waals surface area contributed by atoms with Crippen molar-refractivity contribution in [2.24, 2.45) is 17.6 Å². The molecule has 1 saturated heterocycles. The van der Waals surface area contributed by atoms with Crippen molar-refractivity contribution < 1.29 is 9.59 Å². The minimum Gasteiger partial charge on any atom is -0.352 e. The smallest absolute Gasteiger partial charge is 0.234 e. The number of rotatable bonds is 6. The van der Waals surface area contributed by atoms with Crippen molar-refractivity contribution in [3.63, 3.8) is 0 Å². The maximum Gasteiger partial charge on any atom is 0.234 e. The number of amides is 2. The topological polar surface area (TPSA) is 78.7 Å². The zero-order valence-corrected chi connectivity index (χ0v) is 13.3. The first-order valence-corrected chi connectivity index (χ1v) is 8.24. The molecule has 1 heterocycles. The monoisotopic (exact) mass is 308 g/mol. The maximum atomic E-state index is 12.6. The summed E-state index contributed by atoms with van der Waals surface area (Å²) in [7, 11) is 0. The summed E-state index contributed by atoms with van der Waals surface area (Å²) in [4.78, 5) is 28.3. The van der Waals surface area contributed by atoms with E-state index in [4.69, 9.17) is 5.73 Å². The van der Waals surface area contributed by atoms with E-state index < -0.39 is 0 Å². The van der Waals surface area contributed by atoms with Gasteiger partial charge in [0.2, 0.25) is 11.8 Å². The average molecular weight is 308 g/mol. The van der Waals surface area contributed by atoms with Crippen molar-refractivity contribution in [1.82, 2.24) is 15.1 Å². The summed E-state index contributed by atoms with van der Waals surface area (Å²) in [6.45, 7) is 8.02. The molecule has 1 saturated carbocycles. The van der Waals surface area contributed by atoms with Gasteiger partial charge in [-0.15, -0.1) is 6.58 Å². The lowest BCUT2D eigenvalue weighted by molar-refractivity contribution is -0.138. The molecule has 6 nitrogen and oxygen atoms in total. The Bertz CT molecular complexity index is 405. The molecule has 1 aliphatic carbocycles. The van der Waals surface area contributed by atoms with E-state index in [-0.39, 0.29) is 17.7 Å². The van der Waals surface area contributed by atoms with Gasteiger partial charge in [-0.05, 0) is 25.3 Å². The van der Waals surface area contributed by atoms with Crippen LogP contribution in [0.2, 0.25) is 0 Å². The van der Waals surface area contributed by atoms with Gasteiger partial charge in [0.25, 0.3) is 0 Å². The van der Waals surface area contributed by atoms with E-state index in [0.29, 0.717) is 38.6 Å². The maximum absolute atomic E-state index is 12.6. The Morgan fingerprint density at radius 3 is 2.59 bits per heavy atom. The molecule has 2 aliphatic rings. The minimum absolute atomic E-state index is 0.0127. The molecular weight excluding hydrogens is 280 g/mol. The number of carbonyl (C=O) groups is 2. The third kappa shape index (κ3) is 4.30. The SMILES string of the molecule is C=CCNC(=O)CN1CCN(C(=O)[C@@H]2CCC[C@@H]2CN)CC1. The molecule has 22 heavy (non-hydrogen) atoms. The Morgan fingerprint density at radius 2 is 1.95 bits per heavy atom. The van der Waals surface area contributed by atoms with Crippen LogP contribution in [0.25, 0.3) is 0 Å². The largest absolute Gasteiger partial charge is 0.352 e. The lowest BCUT2D eigenvalue weighted by Gasteiger charge is -2.36. The fraction of sp³-hybridized carbons (Fsp3) is 0.750. The molecule has 2 fully saturated rings. The van der Waals surface area contributed by atoms with Crippen LogP contribution >= 0.6 is 0 Å². The first kappa shape index (κ1) is 17.0. The minimum atomic E-state index is 0.0127. The van der Waals surface area contributed by atoms with E-state index in [1.807, 2.05) is 4.90 Å². The van der Waals surface area contributed by atoms with Crippen LogP contribution in [0.5, 0.6) is 0 Å². The lowest BCUT2D eigenvalue weighted by atomic mass is 9.94. The molecule has 0 aromatic carbocycles. The summed E-state index contributed by atoms with van der Waals surface area (Å²) >= 11 is 0. The summed E-state index contributed by atoms with van der Waals surface area (Å²) < 4.78 is 0. The molecule has 3 N–H and O–H groups in total. The molecule has 2 rings (SSSR count). The quantitative estimate of drug-likeness (QED) is 0.667. The fourth-order valence-electron chi connectivity index (χ4n) is 3.45. The van der Waals surface area contributed by atoms with Crippen molar-refractivity contribution in [2.45, 2.75) is 19.3 Å². The predicted molar refractivity (Wildman–Crippen MR) is 86.1 cm³/mol. The van der Waals surface area contributed by atoms with E-state index in [1.165, 1.54) is 0 Å². The second kappa shape index (κ2) is 8.29. The second-order valence-corrected chi connectivity index (χ2v) is 6.23. The summed E-state index contributed by atoms with van der Waals surface area (Å²) in [5.74, 6) is 0.755. The second-order valence-electron chi connectivity index (χ2n) is 6.23. The van der Waals surface area contributed by atoms with Gasteiger partial charge < -0.3 is 16.0 Å². The standard InChI is InChI=1S/C16H28N4O2/c1-2-6-18-15(21)12-19-7-9-20(10-8-19)16(22)14-5-3-4-13(14)11-17/h2,13-14H,1,3-12,17H2,(H,18,21)/t13-,14-/m1/s1. The van der Waals surface area contributed by atoms with Gasteiger partial charge in [-0.2, -0.15) is 0 Å². The van der Waals surface area contributed by atoms with Gasteiger partial charge in [0.1, 0.15) is 0 Å². The predicted octanol–water partition coefficient (Wildman–Crippen LogP) is -0.192. The van der Waals surface area contributed by atoms with Crippen LogP contribution in [0, 0.1) is 11.8 Å². The summed E-state index contributed by atoms with van der Waals surface area (Å²) in [6, 6.07) is 0. The van der Waals surface area contributed by atoms with Crippen LogP contribution in [0.3, 0.4) is 0 Å². The van der Waals surface area contributed by atoms with E-state index >= 15 is 0 Å². The zero-order chi connectivity index (χ0) is 15.9. The number of hydrogen-bond donors (Lipinski definition) is 2. The number of hydrogen-bond acceptors (Lipinski definition) is 4. The van der Waals surface area contributed by atoms with Gasteiger partial charge in [0, 0.05) is 38.6 Å². The number of piperazine rings is 1. The van der Waals surface area contributed by atoms with Crippen molar-refractivity contribution in [2.75, 3.05) is 45.8 Å². The van der Waals surface area contributed by atoms with Crippen LogP contribution in [-0.2, 0) is 9.59 Å². The summed E-state index contributed by atoms with van der Waals surface area (Å²) in [5.41, 5.74) is 5.78. The molecule has 0 radical (unpaired) electrons.